The van der Waals surface area contributed by atoms with Gasteiger partial charge in [0.1, 0.15) is 11.7 Å². The average Bonchev–Trinajstić information content (AvgIpc) is 2.25. The predicted molar refractivity (Wildman–Crippen MR) is 69.1 cm³/mol. The number of hydrogen-bond acceptors (Lipinski definition) is 4. The van der Waals surface area contributed by atoms with E-state index in [-0.39, 0.29) is 6.10 Å². The second-order valence-electron chi connectivity index (χ2n) is 5.91. The van der Waals surface area contributed by atoms with Crippen molar-refractivity contribution in [2.45, 2.75) is 58.2 Å². The minimum absolute atomic E-state index is 0.199. The Kier molecular flexibility index (Phi) is 5.44. The summed E-state index contributed by atoms with van der Waals surface area (Å²) in [4.78, 5) is 21.9. The molecule has 0 saturated heterocycles. The predicted octanol–water partition coefficient (Wildman–Crippen LogP) is 2.76. The van der Waals surface area contributed by atoms with Gasteiger partial charge in [0.2, 0.25) is 0 Å². The zero-order valence-electron chi connectivity index (χ0n) is 11.8. The standard InChI is InChI=1S/C13H23NO5/c1-13(2,3)19-11(15)14-8-9-4-6-10(7-5-9)18-12(16)17/h9-10H,4-8H2,1-3H3,(H,14,15)(H,16,17)/t9-,10-. The molecule has 0 aromatic rings. The molecule has 110 valence electrons. The van der Waals surface area contributed by atoms with Gasteiger partial charge in [-0.05, 0) is 52.4 Å². The largest absolute Gasteiger partial charge is 0.506 e. The molecule has 0 aromatic carbocycles. The van der Waals surface area contributed by atoms with Gasteiger partial charge in [-0.2, -0.15) is 0 Å². The molecule has 1 amide bonds. The molecule has 0 unspecified atom stereocenters. The number of hydrogen-bond donors (Lipinski definition) is 2. The van der Waals surface area contributed by atoms with Gasteiger partial charge >= 0.3 is 12.2 Å². The smallest absolute Gasteiger partial charge is 0.450 e. The van der Waals surface area contributed by atoms with Crippen molar-refractivity contribution in [2.75, 3.05) is 6.54 Å². The molecule has 0 heterocycles. The fourth-order valence-electron chi connectivity index (χ4n) is 2.14. The summed E-state index contributed by atoms with van der Waals surface area (Å²) in [6, 6.07) is 0. The van der Waals surface area contributed by atoms with E-state index in [0.29, 0.717) is 25.3 Å². The summed E-state index contributed by atoms with van der Waals surface area (Å²) in [6.07, 6.45) is 1.32. The van der Waals surface area contributed by atoms with E-state index in [4.69, 9.17) is 14.6 Å². The fourth-order valence-corrected chi connectivity index (χ4v) is 2.14. The maximum absolute atomic E-state index is 11.5. The van der Waals surface area contributed by atoms with Gasteiger partial charge in [-0.15, -0.1) is 0 Å². The first-order valence-corrected chi connectivity index (χ1v) is 6.62. The van der Waals surface area contributed by atoms with Crippen LogP contribution in [0.25, 0.3) is 0 Å². The maximum atomic E-state index is 11.5. The Hall–Kier alpha value is -1.46. The minimum atomic E-state index is -1.21. The lowest BCUT2D eigenvalue weighted by molar-refractivity contribution is 0.0275. The van der Waals surface area contributed by atoms with Crippen LogP contribution >= 0.6 is 0 Å². The van der Waals surface area contributed by atoms with Crippen molar-refractivity contribution in [2.24, 2.45) is 5.92 Å². The fraction of sp³-hybridized carbons (Fsp3) is 0.846. The van der Waals surface area contributed by atoms with Gasteiger partial charge in [0, 0.05) is 6.54 Å². The summed E-state index contributed by atoms with van der Waals surface area (Å²) in [7, 11) is 0. The van der Waals surface area contributed by atoms with Crippen molar-refractivity contribution in [1.82, 2.24) is 5.32 Å². The summed E-state index contributed by atoms with van der Waals surface area (Å²) >= 11 is 0. The van der Waals surface area contributed by atoms with Crippen LogP contribution in [0.1, 0.15) is 46.5 Å². The molecule has 1 aliphatic carbocycles. The van der Waals surface area contributed by atoms with E-state index in [9.17, 15) is 9.59 Å². The number of nitrogens with one attached hydrogen (secondary N) is 1. The zero-order valence-corrected chi connectivity index (χ0v) is 11.8. The van der Waals surface area contributed by atoms with Crippen LogP contribution < -0.4 is 5.32 Å². The number of rotatable bonds is 3. The lowest BCUT2D eigenvalue weighted by Gasteiger charge is -2.28. The van der Waals surface area contributed by atoms with E-state index in [1.165, 1.54) is 0 Å². The van der Waals surface area contributed by atoms with Crippen LogP contribution in [0, 0.1) is 5.92 Å². The molecule has 1 aliphatic rings. The number of amides is 1. The van der Waals surface area contributed by atoms with E-state index >= 15 is 0 Å². The van der Waals surface area contributed by atoms with Gasteiger partial charge in [-0.25, -0.2) is 9.59 Å². The second-order valence-corrected chi connectivity index (χ2v) is 5.91. The third-order valence-electron chi connectivity index (χ3n) is 3.00. The highest BCUT2D eigenvalue weighted by atomic mass is 16.7. The van der Waals surface area contributed by atoms with Crippen LogP contribution in [0.2, 0.25) is 0 Å². The topological polar surface area (TPSA) is 84.9 Å². The number of carboxylic acid groups (broad SMARTS) is 1. The van der Waals surface area contributed by atoms with E-state index in [1.54, 1.807) is 0 Å². The summed E-state index contributed by atoms with van der Waals surface area (Å²) in [5.41, 5.74) is -0.489. The van der Waals surface area contributed by atoms with E-state index in [0.717, 1.165) is 12.8 Å². The lowest BCUT2D eigenvalue weighted by atomic mass is 9.87. The highest BCUT2D eigenvalue weighted by Gasteiger charge is 2.24. The van der Waals surface area contributed by atoms with E-state index in [2.05, 4.69) is 5.32 Å². The van der Waals surface area contributed by atoms with Crippen LogP contribution in [0.4, 0.5) is 9.59 Å². The molecule has 0 bridgehead atoms. The zero-order chi connectivity index (χ0) is 14.5. The third-order valence-corrected chi connectivity index (χ3v) is 3.00. The molecular formula is C13H23NO5. The first kappa shape index (κ1) is 15.6. The molecule has 1 rings (SSSR count). The minimum Gasteiger partial charge on any atom is -0.450 e. The number of alkyl carbamates (subject to hydrolysis) is 1. The normalized spacial score (nSPS) is 23.5. The van der Waals surface area contributed by atoms with Crippen molar-refractivity contribution in [3.05, 3.63) is 0 Å². The van der Waals surface area contributed by atoms with Crippen molar-refractivity contribution in [1.29, 1.82) is 0 Å². The van der Waals surface area contributed by atoms with Crippen LogP contribution in [0.15, 0.2) is 0 Å². The molecule has 0 aromatic heterocycles. The molecule has 2 N–H and O–H groups in total. The molecule has 0 aliphatic heterocycles. The molecule has 0 atom stereocenters. The molecule has 1 saturated carbocycles. The van der Waals surface area contributed by atoms with Crippen LogP contribution in [-0.4, -0.2) is 35.6 Å². The lowest BCUT2D eigenvalue weighted by Crippen LogP contribution is -2.36. The van der Waals surface area contributed by atoms with Crippen molar-refractivity contribution in [3.8, 4) is 0 Å². The monoisotopic (exact) mass is 273 g/mol. The van der Waals surface area contributed by atoms with Crippen molar-refractivity contribution < 1.29 is 24.2 Å². The summed E-state index contributed by atoms with van der Waals surface area (Å²) in [5, 5.41) is 11.3. The average molecular weight is 273 g/mol. The summed E-state index contributed by atoms with van der Waals surface area (Å²) in [6.45, 7) is 6.03. The Morgan fingerprint density at radius 2 is 1.79 bits per heavy atom. The third kappa shape index (κ3) is 6.88. The van der Waals surface area contributed by atoms with Crippen LogP contribution in [-0.2, 0) is 9.47 Å². The summed E-state index contributed by atoms with van der Waals surface area (Å²) in [5.74, 6) is 0.362. The highest BCUT2D eigenvalue weighted by molar-refractivity contribution is 5.67. The van der Waals surface area contributed by atoms with Gasteiger partial charge in [-0.1, -0.05) is 0 Å². The van der Waals surface area contributed by atoms with Gasteiger partial charge in [0.05, 0.1) is 0 Å². The SMILES string of the molecule is CC(C)(C)OC(=O)NC[C@H]1CC[C@H](OC(=O)O)CC1. The number of carbonyl (C=O) groups is 2. The Morgan fingerprint density at radius 1 is 1.21 bits per heavy atom. The Morgan fingerprint density at radius 3 is 2.26 bits per heavy atom. The molecule has 19 heavy (non-hydrogen) atoms. The molecule has 6 heteroatoms. The molecular weight excluding hydrogens is 250 g/mol. The van der Waals surface area contributed by atoms with Crippen LogP contribution in [0.5, 0.6) is 0 Å². The first-order chi connectivity index (χ1) is 8.76. The molecule has 1 fully saturated rings. The quantitative estimate of drug-likeness (QED) is 0.772. The van der Waals surface area contributed by atoms with Crippen molar-refractivity contribution >= 4 is 12.2 Å². The maximum Gasteiger partial charge on any atom is 0.506 e. The van der Waals surface area contributed by atoms with Crippen LogP contribution in [0.3, 0.4) is 0 Å². The number of ether oxygens (including phenoxy) is 2. The Labute approximate surface area is 113 Å². The van der Waals surface area contributed by atoms with Crippen molar-refractivity contribution in [3.63, 3.8) is 0 Å². The van der Waals surface area contributed by atoms with Gasteiger partial charge in [0.25, 0.3) is 0 Å². The Bertz CT molecular complexity index is 315. The molecule has 0 spiro atoms. The molecule has 0 radical (unpaired) electrons. The highest BCUT2D eigenvalue weighted by Crippen LogP contribution is 2.25. The molecule has 6 nitrogen and oxygen atoms in total. The second kappa shape index (κ2) is 6.63. The number of carbonyl (C=O) groups excluding carboxylic acids is 1. The first-order valence-electron chi connectivity index (χ1n) is 6.62. The van der Waals surface area contributed by atoms with Gasteiger partial charge in [-0.3, -0.25) is 0 Å². The summed E-state index contributed by atoms with van der Waals surface area (Å²) < 4.78 is 9.89. The Balaban J connectivity index is 2.19. The van der Waals surface area contributed by atoms with E-state index < -0.39 is 17.8 Å². The van der Waals surface area contributed by atoms with Gasteiger partial charge in [0.15, 0.2) is 0 Å². The van der Waals surface area contributed by atoms with Gasteiger partial charge < -0.3 is 19.9 Å². The van der Waals surface area contributed by atoms with E-state index in [1.807, 2.05) is 20.8 Å².